The van der Waals surface area contributed by atoms with Gasteiger partial charge in [-0.05, 0) is 35.7 Å². The van der Waals surface area contributed by atoms with Crippen molar-refractivity contribution in [1.82, 2.24) is 5.32 Å². The predicted octanol–water partition coefficient (Wildman–Crippen LogP) is 2.58. The van der Waals surface area contributed by atoms with Crippen LogP contribution in [-0.2, 0) is 4.74 Å². The topological polar surface area (TPSA) is 21.3 Å². The summed E-state index contributed by atoms with van der Waals surface area (Å²) in [4.78, 5) is 0. The van der Waals surface area contributed by atoms with Gasteiger partial charge in [0.1, 0.15) is 0 Å². The van der Waals surface area contributed by atoms with E-state index in [0.29, 0.717) is 12.1 Å². The quantitative estimate of drug-likeness (QED) is 0.812. The molecule has 0 aromatic carbocycles. The van der Waals surface area contributed by atoms with Gasteiger partial charge in [0.05, 0.1) is 12.2 Å². The van der Waals surface area contributed by atoms with Crippen LogP contribution < -0.4 is 5.32 Å². The van der Waals surface area contributed by atoms with Crippen molar-refractivity contribution in [2.24, 2.45) is 0 Å². The summed E-state index contributed by atoms with van der Waals surface area (Å²) >= 11 is 1.74. The van der Waals surface area contributed by atoms with Crippen LogP contribution in [0.2, 0.25) is 0 Å². The molecule has 2 heterocycles. The van der Waals surface area contributed by atoms with E-state index in [1.165, 1.54) is 5.56 Å². The highest BCUT2D eigenvalue weighted by Crippen LogP contribution is 2.28. The Labute approximate surface area is 89.3 Å². The summed E-state index contributed by atoms with van der Waals surface area (Å²) in [6.45, 7) is 5.35. The average Bonchev–Trinajstić information content (AvgIpc) is 2.71. The fourth-order valence-corrected chi connectivity index (χ4v) is 2.53. The van der Waals surface area contributed by atoms with E-state index in [-0.39, 0.29) is 6.10 Å². The van der Waals surface area contributed by atoms with Crippen molar-refractivity contribution >= 4 is 11.3 Å². The Kier molecular flexibility index (Phi) is 3.21. The van der Waals surface area contributed by atoms with Gasteiger partial charge in [0.25, 0.3) is 0 Å². The monoisotopic (exact) mass is 211 g/mol. The van der Waals surface area contributed by atoms with Gasteiger partial charge in [0.2, 0.25) is 0 Å². The van der Waals surface area contributed by atoms with E-state index < -0.39 is 0 Å². The molecule has 1 N–H and O–H groups in total. The molecule has 1 aliphatic heterocycles. The number of ether oxygens (including phenoxy) is 1. The van der Waals surface area contributed by atoms with Crippen molar-refractivity contribution in [3.63, 3.8) is 0 Å². The smallest absolute Gasteiger partial charge is 0.0987 e. The Bertz CT molecular complexity index is 273. The molecule has 14 heavy (non-hydrogen) atoms. The minimum Gasteiger partial charge on any atom is -0.367 e. The van der Waals surface area contributed by atoms with E-state index in [4.69, 9.17) is 4.74 Å². The third-order valence-corrected chi connectivity index (χ3v) is 3.49. The first-order valence-corrected chi connectivity index (χ1v) is 6.16. The maximum Gasteiger partial charge on any atom is 0.0987 e. The maximum atomic E-state index is 6.04. The Balaban J connectivity index is 2.09. The van der Waals surface area contributed by atoms with Gasteiger partial charge in [0, 0.05) is 12.6 Å². The largest absolute Gasteiger partial charge is 0.367 e. The van der Waals surface area contributed by atoms with Crippen molar-refractivity contribution in [2.75, 3.05) is 6.54 Å². The summed E-state index contributed by atoms with van der Waals surface area (Å²) in [7, 11) is 0. The molecular formula is C11H17NOS. The van der Waals surface area contributed by atoms with Gasteiger partial charge in [-0.2, -0.15) is 11.3 Å². The molecule has 1 fully saturated rings. The van der Waals surface area contributed by atoms with Crippen molar-refractivity contribution in [1.29, 1.82) is 0 Å². The SMILES string of the molecule is CCC1CNC(C)C(c2ccsc2)O1. The van der Waals surface area contributed by atoms with Gasteiger partial charge in [-0.1, -0.05) is 6.92 Å². The molecule has 3 atom stereocenters. The number of hydrogen-bond donors (Lipinski definition) is 1. The minimum absolute atomic E-state index is 0.236. The van der Waals surface area contributed by atoms with Gasteiger partial charge < -0.3 is 10.1 Å². The Hall–Kier alpha value is -0.380. The van der Waals surface area contributed by atoms with E-state index in [9.17, 15) is 0 Å². The molecule has 1 aliphatic rings. The fraction of sp³-hybridized carbons (Fsp3) is 0.636. The lowest BCUT2D eigenvalue weighted by molar-refractivity contribution is -0.0620. The second-order valence-electron chi connectivity index (χ2n) is 3.84. The lowest BCUT2D eigenvalue weighted by atomic mass is 10.0. The molecule has 2 rings (SSSR count). The van der Waals surface area contributed by atoms with Gasteiger partial charge in [-0.25, -0.2) is 0 Å². The van der Waals surface area contributed by atoms with Crippen molar-refractivity contribution in [3.8, 4) is 0 Å². The van der Waals surface area contributed by atoms with E-state index in [1.807, 2.05) is 0 Å². The summed E-state index contributed by atoms with van der Waals surface area (Å²) in [5.74, 6) is 0. The van der Waals surface area contributed by atoms with Crippen LogP contribution in [0.25, 0.3) is 0 Å². The van der Waals surface area contributed by atoms with Crippen molar-refractivity contribution < 1.29 is 4.74 Å². The van der Waals surface area contributed by atoms with E-state index >= 15 is 0 Å². The van der Waals surface area contributed by atoms with Crippen LogP contribution in [0.4, 0.5) is 0 Å². The van der Waals surface area contributed by atoms with Crippen LogP contribution in [0.5, 0.6) is 0 Å². The minimum atomic E-state index is 0.236. The maximum absolute atomic E-state index is 6.04. The molecule has 1 aromatic heterocycles. The molecule has 3 unspecified atom stereocenters. The van der Waals surface area contributed by atoms with Crippen LogP contribution in [0.1, 0.15) is 31.9 Å². The number of thiophene rings is 1. The molecule has 3 heteroatoms. The Morgan fingerprint density at radius 2 is 2.50 bits per heavy atom. The highest BCUT2D eigenvalue weighted by atomic mass is 32.1. The normalized spacial score (nSPS) is 33.1. The van der Waals surface area contributed by atoms with Crippen LogP contribution >= 0.6 is 11.3 Å². The summed E-state index contributed by atoms with van der Waals surface area (Å²) in [5.41, 5.74) is 1.31. The zero-order chi connectivity index (χ0) is 9.97. The van der Waals surface area contributed by atoms with Crippen molar-refractivity contribution in [3.05, 3.63) is 22.4 Å². The van der Waals surface area contributed by atoms with Gasteiger partial charge in [0.15, 0.2) is 0 Å². The molecule has 78 valence electrons. The zero-order valence-corrected chi connectivity index (χ0v) is 9.51. The third-order valence-electron chi connectivity index (χ3n) is 2.79. The molecular weight excluding hydrogens is 194 g/mol. The number of nitrogens with one attached hydrogen (secondary N) is 1. The summed E-state index contributed by atoms with van der Waals surface area (Å²) < 4.78 is 6.04. The molecule has 0 aliphatic carbocycles. The van der Waals surface area contributed by atoms with Crippen molar-refractivity contribution in [2.45, 2.75) is 38.5 Å². The van der Waals surface area contributed by atoms with E-state index in [1.54, 1.807) is 11.3 Å². The number of rotatable bonds is 2. The van der Waals surface area contributed by atoms with Crippen LogP contribution in [-0.4, -0.2) is 18.7 Å². The predicted molar refractivity (Wildman–Crippen MR) is 59.7 cm³/mol. The zero-order valence-electron chi connectivity index (χ0n) is 8.69. The van der Waals surface area contributed by atoms with Crippen LogP contribution in [0, 0.1) is 0 Å². The molecule has 1 aromatic rings. The number of hydrogen-bond acceptors (Lipinski definition) is 3. The Morgan fingerprint density at radius 3 is 3.14 bits per heavy atom. The molecule has 0 radical (unpaired) electrons. The molecule has 1 saturated heterocycles. The lowest BCUT2D eigenvalue weighted by Gasteiger charge is -2.35. The average molecular weight is 211 g/mol. The second-order valence-corrected chi connectivity index (χ2v) is 4.62. The fourth-order valence-electron chi connectivity index (χ4n) is 1.84. The first kappa shape index (κ1) is 10.1. The first-order valence-electron chi connectivity index (χ1n) is 5.22. The van der Waals surface area contributed by atoms with Gasteiger partial charge >= 0.3 is 0 Å². The van der Waals surface area contributed by atoms with Gasteiger partial charge in [-0.15, -0.1) is 0 Å². The van der Waals surface area contributed by atoms with Crippen LogP contribution in [0.15, 0.2) is 16.8 Å². The third kappa shape index (κ3) is 2.00. The highest BCUT2D eigenvalue weighted by Gasteiger charge is 2.28. The summed E-state index contributed by atoms with van der Waals surface area (Å²) in [5, 5.41) is 7.79. The molecule has 0 amide bonds. The summed E-state index contributed by atoms with van der Waals surface area (Å²) in [6.07, 6.45) is 1.69. The molecule has 0 bridgehead atoms. The van der Waals surface area contributed by atoms with E-state index in [0.717, 1.165) is 13.0 Å². The highest BCUT2D eigenvalue weighted by molar-refractivity contribution is 7.07. The lowest BCUT2D eigenvalue weighted by Crippen LogP contribution is -2.46. The molecule has 2 nitrogen and oxygen atoms in total. The second kappa shape index (κ2) is 4.43. The summed E-state index contributed by atoms with van der Waals surface area (Å²) in [6, 6.07) is 2.58. The molecule has 0 saturated carbocycles. The Morgan fingerprint density at radius 1 is 1.64 bits per heavy atom. The standard InChI is InChI=1S/C11H17NOS/c1-3-10-6-12-8(2)11(13-10)9-4-5-14-7-9/h4-5,7-8,10-12H,3,6H2,1-2H3. The van der Waals surface area contributed by atoms with Crippen LogP contribution in [0.3, 0.4) is 0 Å². The van der Waals surface area contributed by atoms with Gasteiger partial charge in [-0.3, -0.25) is 0 Å². The first-order chi connectivity index (χ1) is 6.81. The van der Waals surface area contributed by atoms with E-state index in [2.05, 4.69) is 36.0 Å². The molecule has 0 spiro atoms. The number of morpholine rings is 1.